The van der Waals surface area contributed by atoms with Gasteiger partial charge in [-0.1, -0.05) is 0 Å². The van der Waals surface area contributed by atoms with Crippen molar-refractivity contribution in [2.75, 3.05) is 0 Å². The number of pyridine rings is 2. The minimum absolute atomic E-state index is 0.218. The highest BCUT2D eigenvalue weighted by Crippen LogP contribution is 2.27. The zero-order valence-electron chi connectivity index (χ0n) is 8.69. The molecule has 16 heavy (non-hydrogen) atoms. The minimum atomic E-state index is -0.356. The molecule has 0 radical (unpaired) electrons. The molecule has 0 atom stereocenters. The van der Waals surface area contributed by atoms with Gasteiger partial charge in [0, 0.05) is 24.8 Å². The molecular formula is C12H10N2O2. The molecule has 80 valence electrons. The number of aromatic hydroxyl groups is 1. The van der Waals surface area contributed by atoms with Crippen LogP contribution in [0.4, 0.5) is 0 Å². The molecular weight excluding hydrogens is 204 g/mol. The van der Waals surface area contributed by atoms with Crippen molar-refractivity contribution < 1.29 is 5.11 Å². The molecule has 1 aromatic carbocycles. The van der Waals surface area contributed by atoms with Gasteiger partial charge >= 0.3 is 0 Å². The van der Waals surface area contributed by atoms with E-state index in [1.54, 1.807) is 6.20 Å². The molecule has 0 aliphatic rings. The summed E-state index contributed by atoms with van der Waals surface area (Å²) in [4.78, 5) is 14.4. The van der Waals surface area contributed by atoms with Gasteiger partial charge in [0.1, 0.15) is 0 Å². The van der Waals surface area contributed by atoms with Gasteiger partial charge in [-0.3, -0.25) is 4.79 Å². The molecule has 0 bridgehead atoms. The monoisotopic (exact) mass is 214 g/mol. The van der Waals surface area contributed by atoms with Gasteiger partial charge in [0.15, 0.2) is 5.75 Å². The first-order valence-corrected chi connectivity index (χ1v) is 4.97. The van der Waals surface area contributed by atoms with E-state index in [9.17, 15) is 9.90 Å². The summed E-state index contributed by atoms with van der Waals surface area (Å²) >= 11 is 0. The summed E-state index contributed by atoms with van der Waals surface area (Å²) in [6, 6.07) is 5.24. The predicted octanol–water partition coefficient (Wildman–Crippen LogP) is 1.73. The highest BCUT2D eigenvalue weighted by atomic mass is 16.3. The Labute approximate surface area is 90.8 Å². The maximum atomic E-state index is 11.5. The standard InChI is InChI=1S/C12H10N2O2/c1-14-5-3-7-6-9(15)12(16)11-10(7)8(14)2-4-13-11/h2-6,13,16H,1H3. The van der Waals surface area contributed by atoms with E-state index in [1.165, 1.54) is 6.07 Å². The van der Waals surface area contributed by atoms with Crippen LogP contribution in [0.25, 0.3) is 21.8 Å². The Balaban J connectivity index is 2.75. The molecule has 3 aromatic rings. The van der Waals surface area contributed by atoms with Crippen LogP contribution in [0.2, 0.25) is 0 Å². The van der Waals surface area contributed by atoms with Crippen LogP contribution >= 0.6 is 0 Å². The summed E-state index contributed by atoms with van der Waals surface area (Å²) < 4.78 is 1.95. The van der Waals surface area contributed by atoms with Gasteiger partial charge in [-0.05, 0) is 23.6 Å². The lowest BCUT2D eigenvalue weighted by Gasteiger charge is -2.10. The molecule has 4 heteroatoms. The highest BCUT2D eigenvalue weighted by Gasteiger charge is 2.10. The summed E-state index contributed by atoms with van der Waals surface area (Å²) in [7, 11) is 1.93. The quantitative estimate of drug-likeness (QED) is 0.598. The van der Waals surface area contributed by atoms with E-state index in [2.05, 4.69) is 4.98 Å². The van der Waals surface area contributed by atoms with Crippen molar-refractivity contribution in [2.45, 2.75) is 0 Å². The Morgan fingerprint density at radius 3 is 3.00 bits per heavy atom. The molecule has 0 aliphatic heterocycles. The van der Waals surface area contributed by atoms with Gasteiger partial charge in [0.2, 0.25) is 5.43 Å². The molecule has 2 aromatic heterocycles. The zero-order chi connectivity index (χ0) is 11.3. The summed E-state index contributed by atoms with van der Waals surface area (Å²) in [6.45, 7) is 0. The molecule has 2 N–H and O–H groups in total. The van der Waals surface area contributed by atoms with Crippen molar-refractivity contribution in [2.24, 2.45) is 7.05 Å². The van der Waals surface area contributed by atoms with Crippen molar-refractivity contribution in [1.29, 1.82) is 0 Å². The van der Waals surface area contributed by atoms with Crippen LogP contribution in [0.3, 0.4) is 0 Å². The molecule has 0 aliphatic carbocycles. The number of aromatic amines is 1. The van der Waals surface area contributed by atoms with Crippen molar-refractivity contribution in [3.05, 3.63) is 40.8 Å². The maximum Gasteiger partial charge on any atom is 0.222 e. The largest absolute Gasteiger partial charge is 0.503 e. The normalized spacial score (nSPS) is 11.3. The van der Waals surface area contributed by atoms with E-state index < -0.39 is 0 Å². The third-order valence-electron chi connectivity index (χ3n) is 2.88. The summed E-state index contributed by atoms with van der Waals surface area (Å²) in [5, 5.41) is 11.4. The van der Waals surface area contributed by atoms with E-state index in [0.29, 0.717) is 5.52 Å². The fraction of sp³-hybridized carbons (Fsp3) is 0.0833. The second kappa shape index (κ2) is 2.88. The van der Waals surface area contributed by atoms with E-state index in [-0.39, 0.29) is 11.2 Å². The average Bonchev–Trinajstić information content (AvgIpc) is 2.30. The lowest BCUT2D eigenvalue weighted by molar-refractivity contribution is 0.475. The highest BCUT2D eigenvalue weighted by molar-refractivity contribution is 6.08. The van der Waals surface area contributed by atoms with Crippen LogP contribution in [0.1, 0.15) is 0 Å². The summed E-state index contributed by atoms with van der Waals surface area (Å²) in [5.41, 5.74) is 1.11. The first kappa shape index (κ1) is 9.03. The predicted molar refractivity (Wildman–Crippen MR) is 62.7 cm³/mol. The molecule has 2 heterocycles. The Morgan fingerprint density at radius 2 is 2.19 bits per heavy atom. The van der Waals surface area contributed by atoms with Gasteiger partial charge in [0.05, 0.1) is 11.0 Å². The molecule has 0 saturated carbocycles. The number of nitrogens with one attached hydrogen (secondary N) is 1. The molecule has 0 spiro atoms. The lowest BCUT2D eigenvalue weighted by atomic mass is 10.1. The SMILES string of the molecule is Cn1ccc2cc(=O)c(O)c3[nH]ccc1c23. The van der Waals surface area contributed by atoms with E-state index in [0.717, 1.165) is 16.3 Å². The number of phenolic OH excluding ortho intramolecular Hbond substituents is 1. The number of nitrogens with zero attached hydrogens (tertiary/aromatic N) is 1. The van der Waals surface area contributed by atoms with Crippen LogP contribution in [-0.2, 0) is 7.05 Å². The number of aromatic nitrogens is 2. The van der Waals surface area contributed by atoms with Crippen LogP contribution in [0, 0.1) is 0 Å². The number of aryl methyl sites for hydroxylation is 1. The minimum Gasteiger partial charge on any atom is -0.503 e. The number of H-pyrrole nitrogens is 1. The third kappa shape index (κ3) is 1.01. The van der Waals surface area contributed by atoms with Crippen LogP contribution in [0.15, 0.2) is 35.4 Å². The fourth-order valence-electron chi connectivity index (χ4n) is 2.07. The smallest absolute Gasteiger partial charge is 0.222 e. The van der Waals surface area contributed by atoms with Crippen molar-refractivity contribution in [3.8, 4) is 5.75 Å². The molecule has 4 nitrogen and oxygen atoms in total. The molecule has 0 amide bonds. The van der Waals surface area contributed by atoms with Gasteiger partial charge in [-0.15, -0.1) is 0 Å². The lowest BCUT2D eigenvalue weighted by Crippen LogP contribution is -2.02. The van der Waals surface area contributed by atoms with E-state index >= 15 is 0 Å². The topological polar surface area (TPSA) is 58.0 Å². The van der Waals surface area contributed by atoms with E-state index in [1.807, 2.05) is 29.9 Å². The van der Waals surface area contributed by atoms with Gasteiger partial charge in [-0.25, -0.2) is 0 Å². The van der Waals surface area contributed by atoms with Crippen LogP contribution < -0.4 is 5.43 Å². The Morgan fingerprint density at radius 1 is 1.38 bits per heavy atom. The number of hydrogen-bond acceptors (Lipinski definition) is 2. The van der Waals surface area contributed by atoms with Crippen LogP contribution in [0.5, 0.6) is 5.75 Å². The maximum absolute atomic E-state index is 11.5. The molecule has 0 fully saturated rings. The molecule has 3 rings (SSSR count). The fourth-order valence-corrected chi connectivity index (χ4v) is 2.07. The van der Waals surface area contributed by atoms with Crippen LogP contribution in [-0.4, -0.2) is 14.7 Å². The summed E-state index contributed by atoms with van der Waals surface area (Å²) in [6.07, 6.45) is 3.61. The number of benzene rings is 1. The van der Waals surface area contributed by atoms with Crippen molar-refractivity contribution in [3.63, 3.8) is 0 Å². The molecule has 0 unspecified atom stereocenters. The Hall–Kier alpha value is -2.23. The Bertz CT molecular complexity index is 753. The summed E-state index contributed by atoms with van der Waals surface area (Å²) in [5.74, 6) is -0.218. The van der Waals surface area contributed by atoms with Gasteiger partial charge in [0.25, 0.3) is 0 Å². The molecule has 0 saturated heterocycles. The van der Waals surface area contributed by atoms with Crippen molar-refractivity contribution >= 4 is 21.8 Å². The second-order valence-corrected chi connectivity index (χ2v) is 3.85. The number of phenols is 1. The first-order valence-electron chi connectivity index (χ1n) is 4.97. The van der Waals surface area contributed by atoms with Gasteiger partial charge in [-0.2, -0.15) is 0 Å². The van der Waals surface area contributed by atoms with E-state index in [4.69, 9.17) is 0 Å². The average molecular weight is 214 g/mol. The third-order valence-corrected chi connectivity index (χ3v) is 2.88. The number of hydrogen-bond donors (Lipinski definition) is 2. The first-order chi connectivity index (χ1) is 7.68. The zero-order valence-corrected chi connectivity index (χ0v) is 8.69. The van der Waals surface area contributed by atoms with Gasteiger partial charge < -0.3 is 14.7 Å². The second-order valence-electron chi connectivity index (χ2n) is 3.85. The number of rotatable bonds is 0. The Kier molecular flexibility index (Phi) is 1.63. The van der Waals surface area contributed by atoms with Crippen molar-refractivity contribution in [1.82, 2.24) is 9.55 Å².